The Hall–Kier alpha value is -6.54. The molecule has 22 heteroatoms. The number of ketones is 2. The Morgan fingerprint density at radius 1 is 0.685 bits per heavy atom. The van der Waals surface area contributed by atoms with Crippen molar-refractivity contribution in [2.75, 3.05) is 21.3 Å². The van der Waals surface area contributed by atoms with Crippen LogP contribution >= 0.6 is 23.2 Å². The molecule has 6 aromatic rings. The maximum Gasteiger partial charge on any atom is 0.326 e. The van der Waals surface area contributed by atoms with Crippen LogP contribution in [0.2, 0.25) is 10.0 Å². The molecule has 0 spiro atoms. The molecule has 0 bridgehead atoms. The summed E-state index contributed by atoms with van der Waals surface area (Å²) in [5.74, 6) is -5.50. The van der Waals surface area contributed by atoms with Crippen molar-refractivity contribution in [1.82, 2.24) is 49.6 Å². The molecule has 2 aromatic carbocycles. The second-order valence-corrected chi connectivity index (χ2v) is 12.7. The van der Waals surface area contributed by atoms with Crippen LogP contribution in [0.4, 0.5) is 32.9 Å². The van der Waals surface area contributed by atoms with Gasteiger partial charge in [-0.2, -0.15) is 19.2 Å². The Balaban J connectivity index is 1.39. The molecule has 4 amide bonds. The number of H-pyrrole nitrogens is 2. The van der Waals surface area contributed by atoms with E-state index >= 15 is 0 Å². The third kappa shape index (κ3) is 8.24. The highest BCUT2D eigenvalue weighted by Gasteiger charge is 2.38. The lowest BCUT2D eigenvalue weighted by molar-refractivity contribution is -0.132. The van der Waals surface area contributed by atoms with Crippen molar-refractivity contribution in [3.05, 3.63) is 90.7 Å². The molecule has 278 valence electrons. The van der Waals surface area contributed by atoms with Crippen LogP contribution in [-0.2, 0) is 9.59 Å². The molecular weight excluding hydrogens is 747 g/mol. The molecule has 0 fully saturated rings. The van der Waals surface area contributed by atoms with E-state index in [0.717, 1.165) is 21.9 Å². The fraction of sp³-hybridized carbons (Fsp3) is 0.250. The summed E-state index contributed by atoms with van der Waals surface area (Å²) in [6.45, 7) is 3.32. The van der Waals surface area contributed by atoms with Crippen LogP contribution in [0, 0.1) is 5.92 Å². The predicted molar refractivity (Wildman–Crippen MR) is 196 cm³/mol. The lowest BCUT2D eigenvalue weighted by atomic mass is 9.85. The van der Waals surface area contributed by atoms with Crippen LogP contribution in [0.15, 0.2) is 58.1 Å². The number of benzene rings is 2. The molecule has 6 rings (SSSR count). The highest BCUT2D eigenvalue weighted by Crippen LogP contribution is 2.24. The molecule has 1 atom stereocenters. The van der Waals surface area contributed by atoms with Crippen molar-refractivity contribution in [2.24, 2.45) is 5.92 Å². The topological polar surface area (TPSA) is 268 Å². The highest BCUT2D eigenvalue weighted by atomic mass is 35.5. The maximum atomic E-state index is 14.3. The number of aromatic nitrogens is 10. The van der Waals surface area contributed by atoms with Crippen molar-refractivity contribution >= 4 is 81.7 Å². The molecule has 20 nitrogen and oxygen atoms in total. The fourth-order valence-corrected chi connectivity index (χ4v) is 5.50. The van der Waals surface area contributed by atoms with Gasteiger partial charge in [0, 0.05) is 27.8 Å². The van der Waals surface area contributed by atoms with E-state index in [2.05, 4.69) is 61.8 Å². The molecule has 4 aromatic heterocycles. The van der Waals surface area contributed by atoms with Crippen molar-refractivity contribution < 1.29 is 19.2 Å². The van der Waals surface area contributed by atoms with E-state index in [-0.39, 0.29) is 29.9 Å². The molecule has 6 N–H and O–H groups in total. The summed E-state index contributed by atoms with van der Waals surface area (Å²) in [5, 5.41) is 35.0. The number of anilines is 4. The van der Waals surface area contributed by atoms with Gasteiger partial charge >= 0.3 is 12.1 Å². The smallest absolute Gasteiger partial charge is 0.308 e. The number of fused-ring (bicyclic) bond motifs is 2. The number of unbranched alkanes of at least 4 members (excludes halogenated alkanes) is 2. The summed E-state index contributed by atoms with van der Waals surface area (Å²) in [4.78, 5) is 85.2. The van der Waals surface area contributed by atoms with E-state index in [9.17, 15) is 28.8 Å². The van der Waals surface area contributed by atoms with Gasteiger partial charge in [-0.15, -0.1) is 20.4 Å². The molecule has 0 aliphatic carbocycles. The second kappa shape index (κ2) is 16.0. The number of nitrogens with zero attached hydrogens (tertiary/aromatic N) is 8. The number of Topliss-reactive ketones (excluding diaryl/α,β-unsaturated/α-hetero) is 2. The monoisotopic (exact) mass is 776 g/mol. The molecule has 0 saturated heterocycles. The van der Waals surface area contributed by atoms with Gasteiger partial charge < -0.3 is 10.6 Å². The van der Waals surface area contributed by atoms with Gasteiger partial charge in [0.25, 0.3) is 34.6 Å². The van der Waals surface area contributed by atoms with E-state index in [1.165, 1.54) is 6.92 Å². The Kier molecular flexibility index (Phi) is 11.0. The molecule has 54 heavy (non-hydrogen) atoms. The van der Waals surface area contributed by atoms with Crippen molar-refractivity contribution in [2.45, 2.75) is 45.4 Å². The average Bonchev–Trinajstić information content (AvgIpc) is 3.71. The van der Waals surface area contributed by atoms with E-state index in [4.69, 9.17) is 23.2 Å². The summed E-state index contributed by atoms with van der Waals surface area (Å²) >= 11 is 11.8. The van der Waals surface area contributed by atoms with Crippen LogP contribution in [0.3, 0.4) is 0 Å². The summed E-state index contributed by atoms with van der Waals surface area (Å²) in [6.07, 6.45) is 2.17. The van der Waals surface area contributed by atoms with Crippen LogP contribution in [0.1, 0.15) is 56.8 Å². The van der Waals surface area contributed by atoms with Gasteiger partial charge in [0.1, 0.15) is 23.1 Å². The Labute approximate surface area is 313 Å². The van der Waals surface area contributed by atoms with Gasteiger partial charge in [-0.05, 0) is 61.9 Å². The van der Waals surface area contributed by atoms with E-state index < -0.39 is 58.0 Å². The molecule has 0 saturated carbocycles. The molecule has 1 unspecified atom stereocenters. The van der Waals surface area contributed by atoms with Gasteiger partial charge in [-0.3, -0.25) is 39.8 Å². The van der Waals surface area contributed by atoms with Crippen LogP contribution in [0.25, 0.3) is 11.6 Å². The van der Waals surface area contributed by atoms with Crippen molar-refractivity contribution in [1.29, 1.82) is 0 Å². The number of aromatic amines is 2. The lowest BCUT2D eigenvalue weighted by Crippen LogP contribution is -2.37. The number of carbonyl (C=O) groups is 4. The van der Waals surface area contributed by atoms with Crippen LogP contribution < -0.4 is 32.4 Å². The molecular formula is C32H30Cl2N14O6. The third-order valence-electron chi connectivity index (χ3n) is 8.04. The number of halogens is 2. The van der Waals surface area contributed by atoms with E-state index in [0.29, 0.717) is 27.8 Å². The zero-order valence-corrected chi connectivity index (χ0v) is 29.9. The first kappa shape index (κ1) is 37.2. The Morgan fingerprint density at radius 3 is 1.56 bits per heavy atom. The molecule has 4 heterocycles. The number of hydrogen-bond acceptors (Lipinski definition) is 12. The van der Waals surface area contributed by atoms with E-state index in [1.807, 2.05) is 6.92 Å². The number of urea groups is 2. The normalized spacial score (nSPS) is 11.8. The summed E-state index contributed by atoms with van der Waals surface area (Å²) in [6, 6.07) is 11.0. The van der Waals surface area contributed by atoms with Gasteiger partial charge in [0.05, 0.1) is 5.92 Å². The minimum Gasteiger partial charge on any atom is -0.308 e. The van der Waals surface area contributed by atoms with Crippen LogP contribution in [-0.4, -0.2) is 73.2 Å². The number of rotatable bonds is 13. The Morgan fingerprint density at radius 2 is 1.13 bits per heavy atom. The van der Waals surface area contributed by atoms with Crippen LogP contribution in [0.5, 0.6) is 0 Å². The summed E-state index contributed by atoms with van der Waals surface area (Å²) in [7, 11) is 0. The first-order chi connectivity index (χ1) is 25.9. The molecule has 0 radical (unpaired) electrons. The minimum atomic E-state index is -1.87. The summed E-state index contributed by atoms with van der Waals surface area (Å²) in [5.41, 5.74) is -2.32. The zero-order valence-electron chi connectivity index (χ0n) is 28.4. The van der Waals surface area contributed by atoms with Crippen molar-refractivity contribution in [3.63, 3.8) is 0 Å². The standard InChI is InChI=1S/C32H30Cl2N14O6/c1-3-4-5-6-20(49)15(2)24(50)21(22-25(51)37-27-41-43-29(47(27)45-22)39-31(53)35-18-11-7-16(33)8-12-18)23-26(52)38-28-42-44-30(48(28)46-23)40-32(54)36-19-13-9-17(34)10-14-19/h7-15,21H,3-6H2,1-2H3,(H,37,41,51)(H,38,42,52)(H2,35,39,43,53)(H2,36,40,44,54). The number of nitrogens with one attached hydrogen (secondary N) is 6. The zero-order chi connectivity index (χ0) is 38.5. The minimum absolute atomic E-state index is 0.0730. The van der Waals surface area contributed by atoms with E-state index in [1.54, 1.807) is 48.5 Å². The summed E-state index contributed by atoms with van der Waals surface area (Å²) < 4.78 is 1.87. The number of carbonyl (C=O) groups excluding carboxylic acids is 4. The van der Waals surface area contributed by atoms with Gasteiger partial charge in [0.15, 0.2) is 5.78 Å². The first-order valence-electron chi connectivity index (χ1n) is 16.4. The SMILES string of the molecule is CCCCCC(=O)C(C)C(=O)C(c1nn2c(NC(=O)Nc3ccc(Cl)cc3)nnc2[nH]c1=O)c1nn2c(NC(=O)Nc3ccc(Cl)cc3)nnc2[nH]c1=O. The number of amides is 4. The van der Waals surface area contributed by atoms with Crippen molar-refractivity contribution in [3.8, 4) is 0 Å². The van der Waals surface area contributed by atoms with Gasteiger partial charge in [-0.1, -0.05) is 43.0 Å². The number of hydrogen-bond donors (Lipinski definition) is 6. The Bertz CT molecular complexity index is 2340. The average molecular weight is 778 g/mol. The fourth-order valence-electron chi connectivity index (χ4n) is 5.24. The second-order valence-electron chi connectivity index (χ2n) is 11.8. The quantitative estimate of drug-likeness (QED) is 0.0717. The molecule has 0 aliphatic heterocycles. The molecule has 0 aliphatic rings. The first-order valence-corrected chi connectivity index (χ1v) is 17.1. The maximum absolute atomic E-state index is 14.3. The lowest BCUT2D eigenvalue weighted by Gasteiger charge is -2.18. The van der Waals surface area contributed by atoms with Gasteiger partial charge in [-0.25, -0.2) is 9.59 Å². The highest BCUT2D eigenvalue weighted by molar-refractivity contribution is 6.31. The largest absolute Gasteiger partial charge is 0.326 e. The third-order valence-corrected chi connectivity index (χ3v) is 8.54. The predicted octanol–water partition coefficient (Wildman–Crippen LogP) is 4.02. The van der Waals surface area contributed by atoms with Gasteiger partial charge in [0.2, 0.25) is 0 Å².